The van der Waals surface area contributed by atoms with Gasteiger partial charge < -0.3 is 19.5 Å². The number of amides is 1. The largest absolute Gasteiger partial charge is 0.497 e. The third-order valence-electron chi connectivity index (χ3n) is 3.98. The number of carbonyl (C=O) groups excluding carboxylic acids is 1. The Labute approximate surface area is 158 Å². The van der Waals surface area contributed by atoms with Gasteiger partial charge in [0.1, 0.15) is 19.0 Å². The van der Waals surface area contributed by atoms with E-state index >= 15 is 0 Å². The normalized spacial score (nSPS) is 12.5. The minimum absolute atomic E-state index is 0.0675. The molecule has 0 unspecified atom stereocenters. The van der Waals surface area contributed by atoms with E-state index in [0.717, 1.165) is 39.9 Å². The Kier molecular flexibility index (Phi) is 6.66. The van der Waals surface area contributed by atoms with Gasteiger partial charge in [-0.25, -0.2) is 0 Å². The predicted octanol–water partition coefficient (Wildman–Crippen LogP) is 3.31. The number of methoxy groups -OCH3 is 1. The summed E-state index contributed by atoms with van der Waals surface area (Å²) >= 11 is 1.64. The molecular formula is C20H23NO4S. The minimum Gasteiger partial charge on any atom is -0.497 e. The molecule has 6 heteroatoms. The lowest BCUT2D eigenvalue weighted by Gasteiger charge is -2.18. The number of ether oxygens (including phenoxy) is 3. The highest BCUT2D eigenvalue weighted by atomic mass is 32.2. The van der Waals surface area contributed by atoms with Gasteiger partial charge >= 0.3 is 0 Å². The average Bonchev–Trinajstić information content (AvgIpc) is 2.68. The van der Waals surface area contributed by atoms with E-state index < -0.39 is 0 Å². The fourth-order valence-electron chi connectivity index (χ4n) is 2.64. The predicted molar refractivity (Wildman–Crippen MR) is 102 cm³/mol. The maximum absolute atomic E-state index is 12.0. The molecular weight excluding hydrogens is 350 g/mol. The van der Waals surface area contributed by atoms with Gasteiger partial charge in [-0.15, -0.1) is 11.8 Å². The number of benzene rings is 2. The molecule has 2 aromatic rings. The maximum atomic E-state index is 12.0. The molecule has 1 aliphatic rings. The first-order valence-corrected chi connectivity index (χ1v) is 9.65. The molecule has 138 valence electrons. The molecule has 2 aromatic carbocycles. The van der Waals surface area contributed by atoms with Crippen molar-refractivity contribution in [2.24, 2.45) is 0 Å². The van der Waals surface area contributed by atoms with E-state index in [1.54, 1.807) is 18.9 Å². The van der Waals surface area contributed by atoms with Crippen molar-refractivity contribution in [3.8, 4) is 17.2 Å². The van der Waals surface area contributed by atoms with Crippen LogP contribution in [-0.2, 0) is 11.2 Å². The van der Waals surface area contributed by atoms with Crippen molar-refractivity contribution in [1.29, 1.82) is 0 Å². The van der Waals surface area contributed by atoms with Crippen molar-refractivity contribution < 1.29 is 19.0 Å². The van der Waals surface area contributed by atoms with Crippen molar-refractivity contribution >= 4 is 17.7 Å². The number of carbonyl (C=O) groups is 1. The second kappa shape index (κ2) is 9.38. The Hall–Kier alpha value is -2.34. The Balaban J connectivity index is 1.36. The van der Waals surface area contributed by atoms with Crippen LogP contribution in [0.15, 0.2) is 47.4 Å². The van der Waals surface area contributed by atoms with Crippen molar-refractivity contribution in [2.75, 3.05) is 32.6 Å². The standard InChI is InChI=1S/C20H23NO4S/c1-23-16-4-2-3-15(13-16)7-9-21-20(22)8-12-26-17-5-6-18-19(14-17)25-11-10-24-18/h2-6,13-14H,7-12H2,1H3,(H,21,22). The molecule has 0 spiro atoms. The quantitative estimate of drug-likeness (QED) is 0.720. The summed E-state index contributed by atoms with van der Waals surface area (Å²) in [7, 11) is 1.65. The van der Waals surface area contributed by atoms with Crippen LogP contribution in [0.4, 0.5) is 0 Å². The molecule has 0 saturated heterocycles. The lowest BCUT2D eigenvalue weighted by molar-refractivity contribution is -0.120. The van der Waals surface area contributed by atoms with E-state index in [2.05, 4.69) is 5.32 Å². The molecule has 1 heterocycles. The fraction of sp³-hybridized carbons (Fsp3) is 0.350. The summed E-state index contributed by atoms with van der Waals surface area (Å²) in [6.45, 7) is 1.80. The van der Waals surface area contributed by atoms with Gasteiger partial charge in [0.25, 0.3) is 0 Å². The van der Waals surface area contributed by atoms with E-state index in [1.807, 2.05) is 42.5 Å². The second-order valence-electron chi connectivity index (χ2n) is 5.86. The molecule has 0 atom stereocenters. The van der Waals surface area contributed by atoms with Gasteiger partial charge in [0.2, 0.25) is 5.91 Å². The molecule has 0 bridgehead atoms. The Morgan fingerprint density at radius 1 is 1.15 bits per heavy atom. The minimum atomic E-state index is 0.0675. The molecule has 1 amide bonds. The van der Waals surface area contributed by atoms with E-state index in [9.17, 15) is 4.79 Å². The van der Waals surface area contributed by atoms with E-state index in [-0.39, 0.29) is 5.91 Å². The fourth-order valence-corrected chi connectivity index (χ4v) is 3.52. The van der Waals surface area contributed by atoms with Gasteiger partial charge in [-0.05, 0) is 42.3 Å². The number of rotatable bonds is 8. The highest BCUT2D eigenvalue weighted by Crippen LogP contribution is 2.34. The van der Waals surface area contributed by atoms with Crippen LogP contribution in [0.5, 0.6) is 17.2 Å². The lowest BCUT2D eigenvalue weighted by Crippen LogP contribution is -2.25. The van der Waals surface area contributed by atoms with Gasteiger partial charge in [-0.1, -0.05) is 12.1 Å². The zero-order chi connectivity index (χ0) is 18.2. The SMILES string of the molecule is COc1cccc(CCNC(=O)CCSc2ccc3c(c2)OCCO3)c1. The van der Waals surface area contributed by atoms with Crippen LogP contribution in [-0.4, -0.2) is 38.5 Å². The zero-order valence-electron chi connectivity index (χ0n) is 14.8. The van der Waals surface area contributed by atoms with Crippen LogP contribution in [0.2, 0.25) is 0 Å². The van der Waals surface area contributed by atoms with Gasteiger partial charge in [-0.3, -0.25) is 4.79 Å². The van der Waals surface area contributed by atoms with Gasteiger partial charge in [0.05, 0.1) is 7.11 Å². The Morgan fingerprint density at radius 2 is 2.00 bits per heavy atom. The molecule has 0 saturated carbocycles. The number of hydrogen-bond donors (Lipinski definition) is 1. The number of nitrogens with one attached hydrogen (secondary N) is 1. The number of hydrogen-bond acceptors (Lipinski definition) is 5. The van der Waals surface area contributed by atoms with Crippen molar-refractivity contribution in [3.63, 3.8) is 0 Å². The van der Waals surface area contributed by atoms with Gasteiger partial charge in [0.15, 0.2) is 11.5 Å². The van der Waals surface area contributed by atoms with Crippen LogP contribution in [0.25, 0.3) is 0 Å². The Bertz CT molecular complexity index is 750. The highest BCUT2D eigenvalue weighted by molar-refractivity contribution is 7.99. The summed E-state index contributed by atoms with van der Waals surface area (Å²) in [5.74, 6) is 3.20. The third kappa shape index (κ3) is 5.33. The van der Waals surface area contributed by atoms with Crippen LogP contribution in [0.3, 0.4) is 0 Å². The summed E-state index contributed by atoms with van der Waals surface area (Å²) < 4.78 is 16.3. The van der Waals surface area contributed by atoms with Crippen LogP contribution < -0.4 is 19.5 Å². The first-order chi connectivity index (χ1) is 12.7. The molecule has 0 aromatic heterocycles. The topological polar surface area (TPSA) is 56.8 Å². The van der Waals surface area contributed by atoms with E-state index in [4.69, 9.17) is 14.2 Å². The molecule has 1 aliphatic heterocycles. The summed E-state index contributed by atoms with van der Waals surface area (Å²) in [6, 6.07) is 13.8. The second-order valence-corrected chi connectivity index (χ2v) is 7.02. The first kappa shape index (κ1) is 18.5. The summed E-state index contributed by atoms with van der Waals surface area (Å²) in [6.07, 6.45) is 1.27. The molecule has 0 aliphatic carbocycles. The molecule has 1 N–H and O–H groups in total. The first-order valence-electron chi connectivity index (χ1n) is 8.66. The van der Waals surface area contributed by atoms with Gasteiger partial charge in [0, 0.05) is 23.6 Å². The van der Waals surface area contributed by atoms with Crippen LogP contribution in [0.1, 0.15) is 12.0 Å². The van der Waals surface area contributed by atoms with Gasteiger partial charge in [-0.2, -0.15) is 0 Å². The smallest absolute Gasteiger partial charge is 0.220 e. The van der Waals surface area contributed by atoms with Crippen LogP contribution in [0, 0.1) is 0 Å². The summed E-state index contributed by atoms with van der Waals surface area (Å²) in [5.41, 5.74) is 1.15. The summed E-state index contributed by atoms with van der Waals surface area (Å²) in [4.78, 5) is 13.1. The highest BCUT2D eigenvalue weighted by Gasteiger charge is 2.12. The Morgan fingerprint density at radius 3 is 2.85 bits per heavy atom. The lowest BCUT2D eigenvalue weighted by atomic mass is 10.1. The average molecular weight is 373 g/mol. The molecule has 5 nitrogen and oxygen atoms in total. The van der Waals surface area contributed by atoms with E-state index in [0.29, 0.717) is 26.2 Å². The molecule has 26 heavy (non-hydrogen) atoms. The van der Waals surface area contributed by atoms with Crippen molar-refractivity contribution in [1.82, 2.24) is 5.32 Å². The maximum Gasteiger partial charge on any atom is 0.220 e. The monoisotopic (exact) mass is 373 g/mol. The molecule has 3 rings (SSSR count). The van der Waals surface area contributed by atoms with Crippen LogP contribution >= 0.6 is 11.8 Å². The van der Waals surface area contributed by atoms with Crippen molar-refractivity contribution in [3.05, 3.63) is 48.0 Å². The molecule has 0 radical (unpaired) electrons. The van der Waals surface area contributed by atoms with E-state index in [1.165, 1.54) is 0 Å². The third-order valence-corrected chi connectivity index (χ3v) is 4.98. The number of fused-ring (bicyclic) bond motifs is 1. The summed E-state index contributed by atoms with van der Waals surface area (Å²) in [5, 5.41) is 2.97. The molecule has 0 fully saturated rings. The number of thioether (sulfide) groups is 1. The van der Waals surface area contributed by atoms with Crippen molar-refractivity contribution in [2.45, 2.75) is 17.7 Å². The zero-order valence-corrected chi connectivity index (χ0v) is 15.6.